The van der Waals surface area contributed by atoms with E-state index < -0.39 is 11.5 Å². The first-order chi connectivity index (χ1) is 20.1. The first kappa shape index (κ1) is 28.9. The predicted octanol–water partition coefficient (Wildman–Crippen LogP) is 4.80. The minimum absolute atomic E-state index is 0.0498. The summed E-state index contributed by atoms with van der Waals surface area (Å²) in [6, 6.07) is 13.4. The topological polar surface area (TPSA) is 107 Å². The van der Waals surface area contributed by atoms with Gasteiger partial charge in [-0.15, -0.1) is 0 Å². The van der Waals surface area contributed by atoms with Gasteiger partial charge in [-0.25, -0.2) is 9.78 Å². The van der Waals surface area contributed by atoms with Crippen LogP contribution in [0.15, 0.2) is 66.1 Å². The van der Waals surface area contributed by atoms with Gasteiger partial charge in [0.1, 0.15) is 11.6 Å². The Morgan fingerprint density at radius 1 is 1.14 bits per heavy atom. The number of anilines is 2. The summed E-state index contributed by atoms with van der Waals surface area (Å²) in [6.07, 6.45) is 8.86. The minimum atomic E-state index is -0.574. The number of hydrogen-bond acceptors (Lipinski definition) is 8. The average molecular weight is 574 g/mol. The van der Waals surface area contributed by atoms with E-state index in [4.69, 9.17) is 9.47 Å². The first-order valence-electron chi connectivity index (χ1n) is 15.1. The molecule has 3 heterocycles. The summed E-state index contributed by atoms with van der Waals surface area (Å²) in [5.41, 5.74) is 1.62. The standard InChI is InChI=1S/C34H43N3O5/c1-32-14-13-29(39)33(2,20-38)27(32)12-15-34(21-41-34)28(32)19-26(36-30-7-5-6-16-35-30)25-18-24(42-31(25)40)17-22-8-10-23(11-9-22)37(3)4/h5-11,16-18,26-29,38-39H,12-15,19-21H2,1-4H3,(H,35,36)/b24-17+/t26?,27?,28?,29-,32+,33+,34?/m1/s1. The number of hydrogen-bond donors (Lipinski definition) is 3. The van der Waals surface area contributed by atoms with Crippen LogP contribution in [0.25, 0.3) is 6.08 Å². The van der Waals surface area contributed by atoms with Crippen molar-refractivity contribution in [1.29, 1.82) is 0 Å². The number of esters is 1. The molecule has 7 atom stereocenters. The lowest BCUT2D eigenvalue weighted by Gasteiger charge is -2.61. The number of ether oxygens (including phenoxy) is 2. The van der Waals surface area contributed by atoms with Gasteiger partial charge >= 0.3 is 5.97 Å². The number of pyridine rings is 1. The number of epoxide rings is 1. The van der Waals surface area contributed by atoms with E-state index in [2.05, 4.69) is 17.2 Å². The number of aliphatic hydroxyl groups is 2. The van der Waals surface area contributed by atoms with Gasteiger partial charge in [0.2, 0.25) is 0 Å². The summed E-state index contributed by atoms with van der Waals surface area (Å²) < 4.78 is 12.0. The van der Waals surface area contributed by atoms with E-state index >= 15 is 0 Å². The van der Waals surface area contributed by atoms with Gasteiger partial charge in [-0.3, -0.25) is 0 Å². The van der Waals surface area contributed by atoms with Crippen molar-refractivity contribution in [2.24, 2.45) is 22.7 Å². The first-order valence-corrected chi connectivity index (χ1v) is 15.1. The molecule has 4 unspecified atom stereocenters. The number of benzene rings is 1. The summed E-state index contributed by atoms with van der Waals surface area (Å²) >= 11 is 0. The number of carbonyl (C=O) groups is 1. The monoisotopic (exact) mass is 573 g/mol. The maximum Gasteiger partial charge on any atom is 0.341 e. The van der Waals surface area contributed by atoms with Gasteiger partial charge in [-0.1, -0.05) is 32.0 Å². The largest absolute Gasteiger partial charge is 0.423 e. The molecule has 1 aromatic heterocycles. The van der Waals surface area contributed by atoms with Crippen molar-refractivity contribution in [3.8, 4) is 0 Å². The van der Waals surface area contributed by atoms with Gasteiger partial charge in [0.25, 0.3) is 0 Å². The Hall–Kier alpha value is -3.20. The van der Waals surface area contributed by atoms with Crippen LogP contribution >= 0.6 is 0 Å². The molecule has 3 N–H and O–H groups in total. The molecule has 2 aliphatic carbocycles. The SMILES string of the molecule is CN(C)c1ccc(/C=C2\C=C(C(CC3C4(CCC5[C@]3(C)CC[C@@H](O)[C@@]5(C)CO)CO4)Nc3ccccn3)C(=O)O2)cc1. The fraction of sp³-hybridized carbons (Fsp3) is 0.529. The van der Waals surface area contributed by atoms with E-state index in [1.165, 1.54) is 0 Å². The van der Waals surface area contributed by atoms with Crippen LogP contribution in [-0.2, 0) is 14.3 Å². The maximum atomic E-state index is 13.4. The molecule has 2 aliphatic heterocycles. The Balaban J connectivity index is 1.34. The number of nitrogens with one attached hydrogen (secondary N) is 1. The van der Waals surface area contributed by atoms with Gasteiger partial charge < -0.3 is 29.9 Å². The second-order valence-electron chi connectivity index (χ2n) is 13.4. The van der Waals surface area contributed by atoms with Crippen LogP contribution in [0.3, 0.4) is 0 Å². The van der Waals surface area contributed by atoms with Crippen molar-refractivity contribution in [2.75, 3.05) is 37.5 Å². The molecule has 42 heavy (non-hydrogen) atoms. The zero-order valence-electron chi connectivity index (χ0n) is 25.0. The Labute approximate surface area is 248 Å². The summed E-state index contributed by atoms with van der Waals surface area (Å²) in [5, 5.41) is 25.0. The van der Waals surface area contributed by atoms with Crippen LogP contribution < -0.4 is 10.2 Å². The number of nitrogens with zero attached hydrogens (tertiary/aromatic N) is 2. The third kappa shape index (κ3) is 5.03. The van der Waals surface area contributed by atoms with Crippen LogP contribution in [0.4, 0.5) is 11.5 Å². The van der Waals surface area contributed by atoms with Crippen LogP contribution in [0.2, 0.25) is 0 Å². The van der Waals surface area contributed by atoms with Gasteiger partial charge in [-0.2, -0.15) is 0 Å². The molecule has 6 rings (SSSR count). The van der Waals surface area contributed by atoms with Gasteiger partial charge in [0, 0.05) is 31.4 Å². The molecule has 1 aromatic carbocycles. The molecule has 8 heteroatoms. The van der Waals surface area contributed by atoms with E-state index in [1.54, 1.807) is 6.20 Å². The average Bonchev–Trinajstić information content (AvgIpc) is 3.66. The molecule has 0 radical (unpaired) electrons. The molecule has 1 saturated heterocycles. The zero-order chi connectivity index (χ0) is 29.7. The number of allylic oxidation sites excluding steroid dienone is 1. The van der Waals surface area contributed by atoms with Crippen LogP contribution in [-0.4, -0.2) is 66.2 Å². The molecule has 8 nitrogen and oxygen atoms in total. The van der Waals surface area contributed by atoms with E-state index in [0.717, 1.165) is 30.5 Å². The lowest BCUT2D eigenvalue weighted by molar-refractivity contribution is -0.177. The van der Waals surface area contributed by atoms with Crippen molar-refractivity contribution in [3.05, 3.63) is 71.6 Å². The smallest absolute Gasteiger partial charge is 0.341 e. The highest BCUT2D eigenvalue weighted by Crippen LogP contribution is 2.66. The van der Waals surface area contributed by atoms with E-state index in [-0.39, 0.29) is 41.5 Å². The number of carbonyl (C=O) groups excluding carboxylic acids is 1. The molecule has 0 amide bonds. The molecular weight excluding hydrogens is 530 g/mol. The highest BCUT2D eigenvalue weighted by atomic mass is 16.6. The van der Waals surface area contributed by atoms with E-state index in [1.807, 2.05) is 80.5 Å². The Bertz CT molecular complexity index is 1370. The Morgan fingerprint density at radius 3 is 2.55 bits per heavy atom. The minimum Gasteiger partial charge on any atom is -0.423 e. The van der Waals surface area contributed by atoms with Crippen molar-refractivity contribution >= 4 is 23.6 Å². The fourth-order valence-corrected chi connectivity index (χ4v) is 8.20. The quantitative estimate of drug-likeness (QED) is 0.306. The number of fused-ring (bicyclic) bond motifs is 1. The third-order valence-corrected chi connectivity index (χ3v) is 10.7. The summed E-state index contributed by atoms with van der Waals surface area (Å²) in [4.78, 5) is 20.0. The van der Waals surface area contributed by atoms with E-state index in [9.17, 15) is 15.0 Å². The molecule has 0 bridgehead atoms. The summed E-state index contributed by atoms with van der Waals surface area (Å²) in [5.74, 6) is 1.10. The van der Waals surface area contributed by atoms with Gasteiger partial charge in [-0.05, 0) is 91.3 Å². The summed E-state index contributed by atoms with van der Waals surface area (Å²) in [7, 11) is 4.00. The zero-order valence-corrected chi connectivity index (χ0v) is 25.0. The van der Waals surface area contributed by atoms with Gasteiger partial charge in [0.05, 0.1) is 36.5 Å². The lowest BCUT2D eigenvalue weighted by atomic mass is 9.44. The summed E-state index contributed by atoms with van der Waals surface area (Å²) in [6.45, 7) is 5.00. The molecule has 3 fully saturated rings. The van der Waals surface area contributed by atoms with Crippen molar-refractivity contribution in [2.45, 2.75) is 63.7 Å². The van der Waals surface area contributed by atoms with Crippen LogP contribution in [0.5, 0.6) is 0 Å². The highest BCUT2D eigenvalue weighted by Gasteiger charge is 2.67. The number of rotatable bonds is 8. The number of cyclic esters (lactones) is 1. The van der Waals surface area contributed by atoms with Gasteiger partial charge in [0.15, 0.2) is 0 Å². The Morgan fingerprint density at radius 2 is 1.90 bits per heavy atom. The maximum absolute atomic E-state index is 13.4. The molecule has 224 valence electrons. The van der Waals surface area contributed by atoms with Crippen molar-refractivity contribution in [3.63, 3.8) is 0 Å². The molecule has 2 aromatic rings. The fourth-order valence-electron chi connectivity index (χ4n) is 8.20. The normalized spacial score (nSPS) is 35.4. The van der Waals surface area contributed by atoms with Crippen LogP contribution in [0.1, 0.15) is 51.5 Å². The number of aliphatic hydroxyl groups excluding tert-OH is 2. The van der Waals surface area contributed by atoms with Crippen molar-refractivity contribution in [1.82, 2.24) is 4.98 Å². The van der Waals surface area contributed by atoms with Crippen LogP contribution in [0, 0.1) is 22.7 Å². The number of aromatic nitrogens is 1. The second-order valence-corrected chi connectivity index (χ2v) is 13.4. The molecule has 2 saturated carbocycles. The third-order valence-electron chi connectivity index (χ3n) is 10.7. The predicted molar refractivity (Wildman–Crippen MR) is 163 cm³/mol. The van der Waals surface area contributed by atoms with E-state index in [0.29, 0.717) is 36.6 Å². The molecular formula is C34H43N3O5. The Kier molecular flexibility index (Phi) is 7.44. The molecule has 4 aliphatic rings. The lowest BCUT2D eigenvalue weighted by Crippen LogP contribution is -2.61. The molecule has 1 spiro atoms. The van der Waals surface area contributed by atoms with Crippen molar-refractivity contribution < 1.29 is 24.5 Å². The highest BCUT2D eigenvalue weighted by molar-refractivity contribution is 5.95. The second kappa shape index (κ2) is 10.8.